The smallest absolute Gasteiger partial charge is 0.333 e. The van der Waals surface area contributed by atoms with Crippen molar-refractivity contribution in [2.75, 3.05) is 40.0 Å². The molecule has 7 heteroatoms. The third-order valence-corrected chi connectivity index (χ3v) is 2.40. The van der Waals surface area contributed by atoms with Gasteiger partial charge in [0.05, 0.1) is 31.3 Å². The lowest BCUT2D eigenvalue weighted by molar-refractivity contribution is -0.870. The summed E-state index contributed by atoms with van der Waals surface area (Å²) in [5, 5.41) is 0. The molecule has 0 aromatic rings. The summed E-state index contributed by atoms with van der Waals surface area (Å²) in [5.41, 5.74) is 0.455. The molecule has 6 nitrogen and oxygen atoms in total. The summed E-state index contributed by atoms with van der Waals surface area (Å²) in [6.07, 6.45) is 0. The lowest BCUT2D eigenvalue weighted by atomic mass is 10.4. The summed E-state index contributed by atoms with van der Waals surface area (Å²) >= 11 is 0. The van der Waals surface area contributed by atoms with Crippen molar-refractivity contribution in [1.29, 1.82) is 0 Å². The average Bonchev–Trinajstić information content (AvgIpc) is 2.15. The predicted octanol–water partition coefficient (Wildman–Crippen LogP) is 0.363. The van der Waals surface area contributed by atoms with E-state index >= 15 is 0 Å². The SMILES string of the molecule is C=C(C)C(=O)OCC[N+](C)(C)C.CCS(=O)(=O)[O-]. The van der Waals surface area contributed by atoms with Gasteiger partial charge in [-0.05, 0) is 6.92 Å². The van der Waals surface area contributed by atoms with Gasteiger partial charge in [-0.1, -0.05) is 13.5 Å². The van der Waals surface area contributed by atoms with Crippen LogP contribution in [-0.2, 0) is 19.6 Å². The number of quaternary nitrogens is 1. The first-order chi connectivity index (χ1) is 7.89. The molecule has 0 saturated carbocycles. The molecule has 0 unspecified atom stereocenters. The molecule has 0 saturated heterocycles. The van der Waals surface area contributed by atoms with E-state index in [1.54, 1.807) is 6.92 Å². The number of ether oxygens (including phenoxy) is 1. The minimum absolute atomic E-state index is 0.302. The van der Waals surface area contributed by atoms with Crippen molar-refractivity contribution in [1.82, 2.24) is 0 Å². The van der Waals surface area contributed by atoms with Gasteiger partial charge < -0.3 is 13.8 Å². The van der Waals surface area contributed by atoms with Gasteiger partial charge in [0.15, 0.2) is 0 Å². The molecule has 18 heavy (non-hydrogen) atoms. The first-order valence-electron chi connectivity index (χ1n) is 5.45. The van der Waals surface area contributed by atoms with Crippen LogP contribution in [0.4, 0.5) is 0 Å². The van der Waals surface area contributed by atoms with Gasteiger partial charge >= 0.3 is 5.97 Å². The third-order valence-electron chi connectivity index (χ3n) is 1.70. The summed E-state index contributed by atoms with van der Waals surface area (Å²) < 4.78 is 34.1. The van der Waals surface area contributed by atoms with Crippen LogP contribution in [0.25, 0.3) is 0 Å². The van der Waals surface area contributed by atoms with Crippen LogP contribution in [-0.4, -0.2) is 63.5 Å². The van der Waals surface area contributed by atoms with Crippen molar-refractivity contribution < 1.29 is 27.0 Å². The first-order valence-corrected chi connectivity index (χ1v) is 7.03. The summed E-state index contributed by atoms with van der Waals surface area (Å²) in [6, 6.07) is 0. The zero-order valence-electron chi connectivity index (χ0n) is 11.7. The van der Waals surface area contributed by atoms with Gasteiger partial charge in [0.25, 0.3) is 0 Å². The maximum Gasteiger partial charge on any atom is 0.333 e. The van der Waals surface area contributed by atoms with Crippen LogP contribution in [0.2, 0.25) is 0 Å². The molecule has 0 radical (unpaired) electrons. The summed E-state index contributed by atoms with van der Waals surface area (Å²) in [7, 11) is 2.24. The van der Waals surface area contributed by atoms with Crippen LogP contribution in [0, 0.1) is 0 Å². The lowest BCUT2D eigenvalue weighted by Gasteiger charge is -2.23. The van der Waals surface area contributed by atoms with Crippen LogP contribution in [0.1, 0.15) is 13.8 Å². The Bertz CT molecular complexity index is 367. The maximum absolute atomic E-state index is 10.9. The van der Waals surface area contributed by atoms with E-state index in [2.05, 4.69) is 27.7 Å². The molecule has 0 aliphatic rings. The Hall–Kier alpha value is -0.920. The number of hydrogen-bond acceptors (Lipinski definition) is 5. The minimum Gasteiger partial charge on any atom is -0.748 e. The lowest BCUT2D eigenvalue weighted by Crippen LogP contribution is -2.38. The minimum atomic E-state index is -3.91. The maximum atomic E-state index is 10.9. The molecule has 0 heterocycles. The molecular weight excluding hydrogens is 258 g/mol. The van der Waals surface area contributed by atoms with Gasteiger partial charge in [-0.15, -0.1) is 0 Å². The van der Waals surface area contributed by atoms with Crippen molar-refractivity contribution in [3.63, 3.8) is 0 Å². The largest absolute Gasteiger partial charge is 0.748 e. The molecule has 0 atom stereocenters. The zero-order valence-corrected chi connectivity index (χ0v) is 12.5. The van der Waals surface area contributed by atoms with Gasteiger partial charge in [0.1, 0.15) is 13.2 Å². The molecule has 108 valence electrons. The van der Waals surface area contributed by atoms with Gasteiger partial charge in [-0.3, -0.25) is 0 Å². The average molecular weight is 281 g/mol. The fourth-order valence-corrected chi connectivity index (χ4v) is 0.535. The van der Waals surface area contributed by atoms with Crippen LogP contribution < -0.4 is 0 Å². The van der Waals surface area contributed by atoms with E-state index in [4.69, 9.17) is 4.74 Å². The molecular formula is C11H23NO5S. The third kappa shape index (κ3) is 17.5. The Balaban J connectivity index is 0. The molecule has 0 fully saturated rings. The quantitative estimate of drug-likeness (QED) is 0.314. The van der Waals surface area contributed by atoms with Gasteiger partial charge in [-0.25, -0.2) is 13.2 Å². The molecule has 0 aliphatic heterocycles. The molecule has 0 N–H and O–H groups in total. The molecule has 0 aromatic heterocycles. The number of carbonyl (C=O) groups excluding carboxylic acids is 1. The van der Waals surface area contributed by atoms with Crippen molar-refractivity contribution in [2.45, 2.75) is 13.8 Å². The fourth-order valence-electron chi connectivity index (χ4n) is 0.535. The Morgan fingerprint density at radius 3 is 1.94 bits per heavy atom. The molecule has 0 bridgehead atoms. The summed E-state index contributed by atoms with van der Waals surface area (Å²) in [5.74, 6) is -0.615. The van der Waals surface area contributed by atoms with Crippen LogP contribution >= 0.6 is 0 Å². The standard InChI is InChI=1S/C9H18NO2.C2H6O3S/c1-8(2)9(11)12-7-6-10(3,4)5;1-2-6(3,4)5/h1,6-7H2,2-5H3;2H2,1H3,(H,3,4,5)/q+1;/p-1. The Labute approximate surface area is 110 Å². The van der Waals surface area contributed by atoms with Crippen molar-refractivity contribution in [2.24, 2.45) is 0 Å². The molecule has 0 amide bonds. The highest BCUT2D eigenvalue weighted by atomic mass is 32.2. The second-order valence-electron chi connectivity index (χ2n) is 4.78. The first kappa shape index (κ1) is 19.4. The highest BCUT2D eigenvalue weighted by molar-refractivity contribution is 7.85. The van der Waals surface area contributed by atoms with E-state index in [1.807, 2.05) is 0 Å². The van der Waals surface area contributed by atoms with Crippen LogP contribution in [0.15, 0.2) is 12.2 Å². The van der Waals surface area contributed by atoms with E-state index in [9.17, 15) is 17.8 Å². The number of esters is 1. The number of carbonyl (C=O) groups is 1. The Morgan fingerprint density at radius 2 is 1.72 bits per heavy atom. The Kier molecular flexibility index (Phi) is 8.88. The molecule has 0 aromatic carbocycles. The predicted molar refractivity (Wildman–Crippen MR) is 68.9 cm³/mol. The van der Waals surface area contributed by atoms with Crippen molar-refractivity contribution >= 4 is 16.1 Å². The second kappa shape index (κ2) is 8.23. The number of nitrogens with zero attached hydrogens (tertiary/aromatic N) is 1. The van der Waals surface area contributed by atoms with Gasteiger partial charge in [-0.2, -0.15) is 0 Å². The summed E-state index contributed by atoms with van der Waals surface area (Å²) in [6.45, 7) is 7.72. The number of rotatable bonds is 5. The van der Waals surface area contributed by atoms with Crippen molar-refractivity contribution in [3.05, 3.63) is 12.2 Å². The van der Waals surface area contributed by atoms with Gasteiger partial charge in [0, 0.05) is 11.3 Å². The van der Waals surface area contributed by atoms with E-state index in [0.29, 0.717) is 12.2 Å². The normalized spacial score (nSPS) is 11.2. The van der Waals surface area contributed by atoms with Crippen LogP contribution in [0.5, 0.6) is 0 Å². The molecule has 0 rings (SSSR count). The topological polar surface area (TPSA) is 83.5 Å². The highest BCUT2D eigenvalue weighted by Gasteiger charge is 2.09. The Morgan fingerprint density at radius 1 is 1.33 bits per heavy atom. The van der Waals surface area contributed by atoms with E-state index in [0.717, 1.165) is 11.0 Å². The van der Waals surface area contributed by atoms with Crippen LogP contribution in [0.3, 0.4) is 0 Å². The number of hydrogen-bond donors (Lipinski definition) is 0. The summed E-state index contributed by atoms with van der Waals surface area (Å²) in [4.78, 5) is 10.9. The second-order valence-corrected chi connectivity index (χ2v) is 6.47. The van der Waals surface area contributed by atoms with Gasteiger partial charge in [0.2, 0.25) is 0 Å². The zero-order chi connectivity index (χ0) is 15.0. The molecule has 0 aliphatic carbocycles. The van der Waals surface area contributed by atoms with E-state index < -0.39 is 10.1 Å². The van der Waals surface area contributed by atoms with Crippen molar-refractivity contribution in [3.8, 4) is 0 Å². The van der Waals surface area contributed by atoms with E-state index in [1.165, 1.54) is 6.92 Å². The number of likely N-dealkylation sites (N-methyl/N-ethyl adjacent to an activating group) is 1. The monoisotopic (exact) mass is 281 g/mol. The molecule has 0 spiro atoms. The van der Waals surface area contributed by atoms with E-state index in [-0.39, 0.29) is 11.7 Å². The highest BCUT2D eigenvalue weighted by Crippen LogP contribution is 1.94. The fraction of sp³-hybridized carbons (Fsp3) is 0.727.